The maximum atomic E-state index is 13.3. The van der Waals surface area contributed by atoms with E-state index in [2.05, 4.69) is 26.6 Å². The molecule has 3 rings (SSSR count). The molecule has 0 heterocycles. The molecule has 0 atom stereocenters. The molecule has 3 N–H and O–H groups in total. The molecular weight excluding hydrogens is 591 g/mol. The normalized spacial score (nSPS) is 11.1. The summed E-state index contributed by atoms with van der Waals surface area (Å²) in [7, 11) is 0. The molecule has 200 valence electrons. The largest absolute Gasteiger partial charge is 0.481 e. The number of anilines is 1. The maximum Gasteiger partial charge on any atom is 0.417 e. The number of carboxylic acid groups (broad SMARTS) is 1. The van der Waals surface area contributed by atoms with E-state index in [0.29, 0.717) is 11.1 Å². The highest BCUT2D eigenvalue weighted by Gasteiger charge is 2.33. The van der Waals surface area contributed by atoms with Gasteiger partial charge < -0.3 is 20.6 Å². The molecule has 0 aromatic heterocycles. The SMILES string of the molecule is O=C(O)CCNC(=O)c1ccc(CN(Cc2ccc(Br)cc2)C(=O)Nc2ccc(Cl)c(C(F)(F)F)c2)cc1. The van der Waals surface area contributed by atoms with Gasteiger partial charge >= 0.3 is 18.2 Å². The van der Waals surface area contributed by atoms with E-state index in [9.17, 15) is 27.6 Å². The number of nitrogens with zero attached hydrogens (tertiary/aromatic N) is 1. The summed E-state index contributed by atoms with van der Waals surface area (Å²) < 4.78 is 40.6. The Balaban J connectivity index is 1.78. The molecule has 3 aromatic rings. The highest BCUT2D eigenvalue weighted by molar-refractivity contribution is 9.10. The molecule has 0 saturated carbocycles. The number of carboxylic acids is 1. The van der Waals surface area contributed by atoms with Crippen LogP contribution >= 0.6 is 27.5 Å². The van der Waals surface area contributed by atoms with Crippen LogP contribution in [0.4, 0.5) is 23.7 Å². The van der Waals surface area contributed by atoms with Gasteiger partial charge in [-0.3, -0.25) is 9.59 Å². The third kappa shape index (κ3) is 8.49. The minimum absolute atomic E-state index is 0.0161. The number of nitrogens with one attached hydrogen (secondary N) is 2. The highest BCUT2D eigenvalue weighted by Crippen LogP contribution is 2.36. The zero-order chi connectivity index (χ0) is 27.9. The molecule has 0 unspecified atom stereocenters. The lowest BCUT2D eigenvalue weighted by Crippen LogP contribution is -2.34. The Morgan fingerprint density at radius 1 is 0.921 bits per heavy atom. The summed E-state index contributed by atoms with van der Waals surface area (Å²) in [4.78, 5) is 37.4. The van der Waals surface area contributed by atoms with Gasteiger partial charge in [0.25, 0.3) is 5.91 Å². The highest BCUT2D eigenvalue weighted by atomic mass is 79.9. The Morgan fingerprint density at radius 3 is 2.05 bits per heavy atom. The fraction of sp³-hybridized carbons (Fsp3) is 0.192. The van der Waals surface area contributed by atoms with Gasteiger partial charge in [-0.15, -0.1) is 0 Å². The van der Waals surface area contributed by atoms with Gasteiger partial charge in [-0.2, -0.15) is 13.2 Å². The molecule has 0 radical (unpaired) electrons. The Bertz CT molecular complexity index is 1300. The number of halogens is 5. The quantitative estimate of drug-likeness (QED) is 0.255. The molecule has 3 amide bonds. The van der Waals surface area contributed by atoms with E-state index < -0.39 is 34.7 Å². The van der Waals surface area contributed by atoms with Gasteiger partial charge in [0.05, 0.1) is 17.0 Å². The van der Waals surface area contributed by atoms with Crippen LogP contribution in [0.5, 0.6) is 0 Å². The van der Waals surface area contributed by atoms with E-state index in [0.717, 1.165) is 22.2 Å². The van der Waals surface area contributed by atoms with Gasteiger partial charge in [-0.1, -0.05) is 51.8 Å². The molecule has 12 heteroatoms. The number of hydrogen-bond donors (Lipinski definition) is 3. The average Bonchev–Trinajstić information content (AvgIpc) is 2.85. The number of carbonyl (C=O) groups is 3. The first-order chi connectivity index (χ1) is 17.9. The van der Waals surface area contributed by atoms with Crippen molar-refractivity contribution in [1.82, 2.24) is 10.2 Å². The summed E-state index contributed by atoms with van der Waals surface area (Å²) in [6.45, 7) is 0.219. The summed E-state index contributed by atoms with van der Waals surface area (Å²) in [5, 5.41) is 13.2. The Hall–Kier alpha value is -3.57. The predicted octanol–water partition coefficient (Wildman–Crippen LogP) is 6.56. The molecule has 0 spiro atoms. The molecule has 7 nitrogen and oxygen atoms in total. The number of alkyl halides is 3. The van der Waals surface area contributed by atoms with Gasteiger partial charge in [0.1, 0.15) is 0 Å². The van der Waals surface area contributed by atoms with Crippen LogP contribution in [-0.4, -0.2) is 34.5 Å². The summed E-state index contributed by atoms with van der Waals surface area (Å²) in [5.74, 6) is -1.47. The topological polar surface area (TPSA) is 98.7 Å². The molecular formula is C26H22BrClF3N3O4. The smallest absolute Gasteiger partial charge is 0.417 e. The van der Waals surface area contributed by atoms with Crippen molar-refractivity contribution in [3.63, 3.8) is 0 Å². The van der Waals surface area contributed by atoms with E-state index in [4.69, 9.17) is 16.7 Å². The second-order valence-corrected chi connectivity index (χ2v) is 9.52. The molecule has 0 bridgehead atoms. The average molecular weight is 613 g/mol. The number of carbonyl (C=O) groups excluding carboxylic acids is 2. The minimum atomic E-state index is -4.68. The monoisotopic (exact) mass is 611 g/mol. The van der Waals surface area contributed by atoms with Gasteiger partial charge in [-0.25, -0.2) is 4.79 Å². The maximum absolute atomic E-state index is 13.3. The number of hydrogen-bond acceptors (Lipinski definition) is 3. The van der Waals surface area contributed by atoms with Crippen molar-refractivity contribution in [2.24, 2.45) is 0 Å². The summed E-state index contributed by atoms with van der Waals surface area (Å²) in [6, 6.07) is 16.1. The Kier molecular flexibility index (Phi) is 9.76. The zero-order valence-electron chi connectivity index (χ0n) is 19.7. The Morgan fingerprint density at radius 2 is 1.50 bits per heavy atom. The first-order valence-electron chi connectivity index (χ1n) is 11.2. The van der Waals surface area contributed by atoms with E-state index in [1.165, 1.54) is 23.1 Å². The Labute approximate surface area is 229 Å². The van der Waals surface area contributed by atoms with Crippen molar-refractivity contribution in [1.29, 1.82) is 0 Å². The van der Waals surface area contributed by atoms with Crippen LogP contribution in [0.1, 0.15) is 33.5 Å². The number of benzene rings is 3. The van der Waals surface area contributed by atoms with Gasteiger partial charge in [0.15, 0.2) is 0 Å². The van der Waals surface area contributed by atoms with Crippen molar-refractivity contribution in [3.05, 3.63) is 98.5 Å². The number of amides is 3. The minimum Gasteiger partial charge on any atom is -0.481 e. The predicted molar refractivity (Wildman–Crippen MR) is 140 cm³/mol. The van der Waals surface area contributed by atoms with Gasteiger partial charge in [0, 0.05) is 35.4 Å². The summed E-state index contributed by atoms with van der Waals surface area (Å²) >= 11 is 9.03. The lowest BCUT2D eigenvalue weighted by molar-refractivity contribution is -0.138. The van der Waals surface area contributed by atoms with Crippen molar-refractivity contribution < 1.29 is 32.7 Å². The van der Waals surface area contributed by atoms with Crippen LogP contribution in [0.3, 0.4) is 0 Å². The van der Waals surface area contributed by atoms with Crippen molar-refractivity contribution in [3.8, 4) is 0 Å². The van der Waals surface area contributed by atoms with E-state index in [1.807, 2.05) is 0 Å². The van der Waals surface area contributed by atoms with Crippen molar-refractivity contribution in [2.75, 3.05) is 11.9 Å². The first kappa shape index (κ1) is 29.0. The molecule has 0 fully saturated rings. The van der Waals surface area contributed by atoms with Crippen LogP contribution in [0, 0.1) is 0 Å². The second kappa shape index (κ2) is 12.8. The lowest BCUT2D eigenvalue weighted by atomic mass is 10.1. The second-order valence-electron chi connectivity index (χ2n) is 8.20. The van der Waals surface area contributed by atoms with Gasteiger partial charge in [0.2, 0.25) is 0 Å². The van der Waals surface area contributed by atoms with E-state index >= 15 is 0 Å². The molecule has 0 aliphatic heterocycles. The fourth-order valence-electron chi connectivity index (χ4n) is 3.40. The lowest BCUT2D eigenvalue weighted by Gasteiger charge is -2.24. The molecule has 0 aliphatic rings. The first-order valence-corrected chi connectivity index (χ1v) is 12.4. The van der Waals surface area contributed by atoms with Crippen LogP contribution in [0.15, 0.2) is 71.2 Å². The van der Waals surface area contributed by atoms with Crippen molar-refractivity contribution in [2.45, 2.75) is 25.7 Å². The zero-order valence-corrected chi connectivity index (χ0v) is 22.0. The third-order valence-corrected chi connectivity index (χ3v) is 6.17. The van der Waals surface area contributed by atoms with Crippen molar-refractivity contribution >= 4 is 51.1 Å². The number of aliphatic carboxylic acids is 1. The van der Waals surface area contributed by atoms with Crippen LogP contribution in [-0.2, 0) is 24.1 Å². The standard InChI is InChI=1S/C26H22BrClF3N3O4/c27-19-7-3-17(4-8-19)15-34(25(38)33-20-9-10-22(28)21(13-20)26(29,30)31)14-16-1-5-18(6-2-16)24(37)32-12-11-23(35)36/h1-10,13H,11-12,14-15H2,(H,32,37)(H,33,38)(H,35,36). The molecule has 0 aliphatic carbocycles. The summed E-state index contributed by atoms with van der Waals surface area (Å²) in [6.07, 6.45) is -4.89. The van der Waals surface area contributed by atoms with Crippen LogP contribution in [0.2, 0.25) is 5.02 Å². The molecule has 0 saturated heterocycles. The third-order valence-electron chi connectivity index (χ3n) is 5.31. The molecule has 38 heavy (non-hydrogen) atoms. The fourth-order valence-corrected chi connectivity index (χ4v) is 3.89. The summed E-state index contributed by atoms with van der Waals surface area (Å²) in [5.41, 5.74) is 0.620. The number of rotatable bonds is 9. The van der Waals surface area contributed by atoms with Crippen LogP contribution < -0.4 is 10.6 Å². The van der Waals surface area contributed by atoms with E-state index in [1.54, 1.807) is 36.4 Å². The molecule has 3 aromatic carbocycles. The van der Waals surface area contributed by atoms with Crippen LogP contribution in [0.25, 0.3) is 0 Å². The number of urea groups is 1. The van der Waals surface area contributed by atoms with E-state index in [-0.39, 0.29) is 31.7 Å². The van der Waals surface area contributed by atoms with Gasteiger partial charge in [-0.05, 0) is 53.6 Å².